The van der Waals surface area contributed by atoms with Crippen LogP contribution in [0, 0.1) is 0 Å². The Hall–Kier alpha value is -1.29. The highest BCUT2D eigenvalue weighted by atomic mass is 35.5. The van der Waals surface area contributed by atoms with E-state index in [1.807, 2.05) is 20.8 Å². The van der Waals surface area contributed by atoms with Gasteiger partial charge in [-0.05, 0) is 33.3 Å². The Bertz CT molecular complexity index is 435. The van der Waals surface area contributed by atoms with Gasteiger partial charge in [0.1, 0.15) is 5.82 Å². The molecule has 0 saturated carbocycles. The van der Waals surface area contributed by atoms with Crippen molar-refractivity contribution in [1.29, 1.82) is 0 Å². The van der Waals surface area contributed by atoms with E-state index < -0.39 is 0 Å². The summed E-state index contributed by atoms with van der Waals surface area (Å²) in [4.78, 5) is 18.3. The zero-order chi connectivity index (χ0) is 14.4. The molecule has 1 aromatic heterocycles. The molecule has 1 rings (SSSR count). The minimum absolute atomic E-state index is 0.0334. The van der Waals surface area contributed by atoms with Crippen LogP contribution in [-0.2, 0) is 0 Å². The van der Waals surface area contributed by atoms with Gasteiger partial charge in [-0.3, -0.25) is 4.79 Å². The summed E-state index contributed by atoms with van der Waals surface area (Å²) in [7, 11) is 0. The number of halogens is 1. The molecule has 0 unspecified atom stereocenters. The Kier molecular flexibility index (Phi) is 6.09. The second-order valence-corrected chi connectivity index (χ2v) is 5.07. The fourth-order valence-electron chi connectivity index (χ4n) is 1.84. The maximum absolute atomic E-state index is 12.3. The first-order chi connectivity index (χ1) is 9.01. The fourth-order valence-corrected chi connectivity index (χ4v) is 2.07. The smallest absolute Gasteiger partial charge is 0.255 e. The molecule has 0 atom stereocenters. The number of pyridine rings is 1. The van der Waals surface area contributed by atoms with Crippen molar-refractivity contribution in [1.82, 2.24) is 9.88 Å². The lowest BCUT2D eigenvalue weighted by molar-refractivity contribution is 0.0716. The molecule has 0 saturated heterocycles. The van der Waals surface area contributed by atoms with Crippen molar-refractivity contribution in [3.05, 3.63) is 22.8 Å². The standard InChI is InChI=1S/C14H22ClN3O/c1-5-7-16-13-12(15)8-11(9-17-13)14(19)18(6-2)10(3)4/h8-10H,5-7H2,1-4H3,(H,16,17). The maximum atomic E-state index is 12.3. The summed E-state index contributed by atoms with van der Waals surface area (Å²) in [5.74, 6) is 0.599. The van der Waals surface area contributed by atoms with Gasteiger partial charge < -0.3 is 10.2 Å². The summed E-state index contributed by atoms with van der Waals surface area (Å²) in [5, 5.41) is 3.61. The first-order valence-electron chi connectivity index (χ1n) is 6.71. The van der Waals surface area contributed by atoms with Crippen molar-refractivity contribution in [3.8, 4) is 0 Å². The summed E-state index contributed by atoms with van der Waals surface area (Å²) in [6, 6.07) is 1.84. The van der Waals surface area contributed by atoms with Gasteiger partial charge in [-0.1, -0.05) is 18.5 Å². The van der Waals surface area contributed by atoms with Crippen LogP contribution in [0.3, 0.4) is 0 Å². The SMILES string of the molecule is CCCNc1ncc(C(=O)N(CC)C(C)C)cc1Cl. The molecule has 106 valence electrons. The number of nitrogens with one attached hydrogen (secondary N) is 1. The number of carbonyl (C=O) groups excluding carboxylic acids is 1. The van der Waals surface area contributed by atoms with Crippen molar-refractivity contribution < 1.29 is 4.79 Å². The van der Waals surface area contributed by atoms with Crippen LogP contribution < -0.4 is 5.32 Å². The van der Waals surface area contributed by atoms with Crippen molar-refractivity contribution in [2.75, 3.05) is 18.4 Å². The number of amides is 1. The first kappa shape index (κ1) is 15.8. The number of hydrogen-bond acceptors (Lipinski definition) is 3. The largest absolute Gasteiger partial charge is 0.369 e. The Balaban J connectivity index is 2.90. The maximum Gasteiger partial charge on any atom is 0.255 e. The van der Waals surface area contributed by atoms with Gasteiger partial charge in [0.15, 0.2) is 0 Å². The molecule has 19 heavy (non-hydrogen) atoms. The first-order valence-corrected chi connectivity index (χ1v) is 7.09. The van der Waals surface area contributed by atoms with E-state index in [2.05, 4.69) is 17.2 Å². The second kappa shape index (κ2) is 7.34. The van der Waals surface area contributed by atoms with Gasteiger partial charge in [-0.15, -0.1) is 0 Å². The molecule has 1 amide bonds. The topological polar surface area (TPSA) is 45.2 Å². The molecular formula is C14H22ClN3O. The summed E-state index contributed by atoms with van der Waals surface area (Å²) in [6.07, 6.45) is 2.58. The van der Waals surface area contributed by atoms with Crippen LogP contribution in [-0.4, -0.2) is 34.9 Å². The third-order valence-electron chi connectivity index (χ3n) is 2.86. The van der Waals surface area contributed by atoms with E-state index in [9.17, 15) is 4.79 Å². The highest BCUT2D eigenvalue weighted by molar-refractivity contribution is 6.33. The number of rotatable bonds is 6. The van der Waals surface area contributed by atoms with Gasteiger partial charge >= 0.3 is 0 Å². The van der Waals surface area contributed by atoms with Crippen LogP contribution in [0.1, 0.15) is 44.5 Å². The average molecular weight is 284 g/mol. The molecule has 1 heterocycles. The van der Waals surface area contributed by atoms with Gasteiger partial charge in [-0.2, -0.15) is 0 Å². The summed E-state index contributed by atoms with van der Waals surface area (Å²) < 4.78 is 0. The normalized spacial score (nSPS) is 10.6. The third-order valence-corrected chi connectivity index (χ3v) is 3.14. The molecule has 0 aliphatic heterocycles. The molecule has 1 N–H and O–H groups in total. The van der Waals surface area contributed by atoms with Gasteiger partial charge in [0, 0.05) is 25.3 Å². The minimum atomic E-state index is -0.0334. The van der Waals surface area contributed by atoms with Crippen molar-refractivity contribution in [2.45, 2.75) is 40.2 Å². The predicted octanol–water partition coefficient (Wildman–Crippen LogP) is 3.43. The highest BCUT2D eigenvalue weighted by Gasteiger charge is 2.18. The van der Waals surface area contributed by atoms with Gasteiger partial charge in [-0.25, -0.2) is 4.98 Å². The predicted molar refractivity (Wildman–Crippen MR) is 79.9 cm³/mol. The number of carbonyl (C=O) groups is 1. The van der Waals surface area contributed by atoms with Crippen LogP contribution in [0.5, 0.6) is 0 Å². The molecule has 4 nitrogen and oxygen atoms in total. The van der Waals surface area contributed by atoms with E-state index in [4.69, 9.17) is 11.6 Å². The van der Waals surface area contributed by atoms with Crippen LogP contribution in [0.25, 0.3) is 0 Å². The Morgan fingerprint density at radius 1 is 1.47 bits per heavy atom. The second-order valence-electron chi connectivity index (χ2n) is 4.67. The molecule has 1 aromatic rings. The van der Waals surface area contributed by atoms with Crippen LogP contribution >= 0.6 is 11.6 Å². The zero-order valence-electron chi connectivity index (χ0n) is 12.0. The number of aromatic nitrogens is 1. The van der Waals surface area contributed by atoms with Gasteiger partial charge in [0.2, 0.25) is 0 Å². The number of anilines is 1. The number of hydrogen-bond donors (Lipinski definition) is 1. The summed E-state index contributed by atoms with van der Waals surface area (Å²) >= 11 is 6.14. The average Bonchev–Trinajstić information content (AvgIpc) is 2.37. The molecule has 0 bridgehead atoms. The zero-order valence-corrected chi connectivity index (χ0v) is 12.8. The highest BCUT2D eigenvalue weighted by Crippen LogP contribution is 2.21. The van der Waals surface area contributed by atoms with Gasteiger partial charge in [0.25, 0.3) is 5.91 Å². The monoisotopic (exact) mass is 283 g/mol. The van der Waals surface area contributed by atoms with E-state index in [0.717, 1.165) is 13.0 Å². The van der Waals surface area contributed by atoms with Gasteiger partial charge in [0.05, 0.1) is 10.6 Å². The Morgan fingerprint density at radius 2 is 2.16 bits per heavy atom. The lowest BCUT2D eigenvalue weighted by Gasteiger charge is -2.25. The quantitative estimate of drug-likeness (QED) is 0.870. The molecule has 0 aromatic carbocycles. The molecule has 0 aliphatic rings. The summed E-state index contributed by atoms with van der Waals surface area (Å²) in [5.41, 5.74) is 0.530. The molecule has 0 fully saturated rings. The Morgan fingerprint density at radius 3 is 2.63 bits per heavy atom. The molecule has 5 heteroatoms. The molecule has 0 radical (unpaired) electrons. The van der Waals surface area contributed by atoms with E-state index >= 15 is 0 Å². The molecular weight excluding hydrogens is 262 g/mol. The lowest BCUT2D eigenvalue weighted by Crippen LogP contribution is -2.36. The number of nitrogens with zero attached hydrogens (tertiary/aromatic N) is 2. The van der Waals surface area contributed by atoms with Crippen molar-refractivity contribution in [3.63, 3.8) is 0 Å². The van der Waals surface area contributed by atoms with E-state index in [1.54, 1.807) is 17.2 Å². The lowest BCUT2D eigenvalue weighted by atomic mass is 10.2. The van der Waals surface area contributed by atoms with Crippen molar-refractivity contribution in [2.24, 2.45) is 0 Å². The van der Waals surface area contributed by atoms with E-state index in [0.29, 0.717) is 22.9 Å². The minimum Gasteiger partial charge on any atom is -0.369 e. The van der Waals surface area contributed by atoms with E-state index in [1.165, 1.54) is 0 Å². The van der Waals surface area contributed by atoms with Crippen molar-refractivity contribution >= 4 is 23.3 Å². The van der Waals surface area contributed by atoms with Crippen LogP contribution in [0.15, 0.2) is 12.3 Å². The summed E-state index contributed by atoms with van der Waals surface area (Å²) in [6.45, 7) is 9.50. The molecule has 0 aliphatic carbocycles. The fraction of sp³-hybridized carbons (Fsp3) is 0.571. The van der Waals surface area contributed by atoms with Crippen LogP contribution in [0.4, 0.5) is 5.82 Å². The third kappa shape index (κ3) is 4.10. The van der Waals surface area contributed by atoms with E-state index in [-0.39, 0.29) is 11.9 Å². The Labute approximate surface area is 120 Å². The molecule has 0 spiro atoms. The van der Waals surface area contributed by atoms with Crippen LogP contribution in [0.2, 0.25) is 5.02 Å².